The van der Waals surface area contributed by atoms with Crippen molar-refractivity contribution in [1.29, 1.82) is 0 Å². The highest BCUT2D eigenvalue weighted by atomic mass is 19.1. The van der Waals surface area contributed by atoms with Gasteiger partial charge in [0.2, 0.25) is 5.91 Å². The van der Waals surface area contributed by atoms with E-state index in [1.807, 2.05) is 6.92 Å². The van der Waals surface area contributed by atoms with Crippen molar-refractivity contribution >= 4 is 17.6 Å². The molecule has 2 aliphatic heterocycles. The number of fused-ring (bicyclic) bond motifs is 1. The Morgan fingerprint density at radius 3 is 2.76 bits per heavy atom. The molecule has 2 fully saturated rings. The van der Waals surface area contributed by atoms with Crippen molar-refractivity contribution in [2.45, 2.75) is 19.4 Å². The number of urea groups is 1. The zero-order valence-electron chi connectivity index (χ0n) is 11.8. The van der Waals surface area contributed by atoms with Gasteiger partial charge in [-0.1, -0.05) is 19.1 Å². The number of imide groups is 1. The van der Waals surface area contributed by atoms with Crippen LogP contribution in [0.25, 0.3) is 0 Å². The monoisotopic (exact) mass is 292 g/mol. The van der Waals surface area contributed by atoms with Gasteiger partial charge in [-0.3, -0.25) is 4.79 Å². The number of ether oxygens (including phenoxy) is 1. The number of amides is 3. The van der Waals surface area contributed by atoms with Crippen LogP contribution in [0, 0.1) is 11.7 Å². The molecule has 0 aliphatic carbocycles. The second kappa shape index (κ2) is 5.44. The van der Waals surface area contributed by atoms with E-state index in [1.54, 1.807) is 11.0 Å². The van der Waals surface area contributed by atoms with Gasteiger partial charge in [-0.25, -0.2) is 14.1 Å². The highest BCUT2D eigenvalue weighted by Crippen LogP contribution is 2.32. The van der Waals surface area contributed by atoms with Crippen molar-refractivity contribution in [3.8, 4) is 0 Å². The van der Waals surface area contributed by atoms with Crippen LogP contribution in [0.1, 0.15) is 13.3 Å². The number of halogens is 1. The number of anilines is 1. The summed E-state index contributed by atoms with van der Waals surface area (Å²) in [5, 5.41) is 0. The molecule has 21 heavy (non-hydrogen) atoms. The van der Waals surface area contributed by atoms with Crippen molar-refractivity contribution in [1.82, 2.24) is 4.90 Å². The van der Waals surface area contributed by atoms with Crippen molar-refractivity contribution in [2.24, 2.45) is 5.92 Å². The normalized spacial score (nSPS) is 25.4. The summed E-state index contributed by atoms with van der Waals surface area (Å²) < 4.78 is 19.3. The first-order valence-electron chi connectivity index (χ1n) is 7.12. The summed E-state index contributed by atoms with van der Waals surface area (Å²) in [4.78, 5) is 27.8. The molecule has 5 nitrogen and oxygen atoms in total. The number of benzene rings is 1. The van der Waals surface area contributed by atoms with Crippen molar-refractivity contribution in [3.05, 3.63) is 30.1 Å². The fourth-order valence-electron chi connectivity index (χ4n) is 2.97. The highest BCUT2D eigenvalue weighted by molar-refractivity contribution is 6.17. The molecular weight excluding hydrogens is 275 g/mol. The van der Waals surface area contributed by atoms with Gasteiger partial charge in [0.05, 0.1) is 30.9 Å². The van der Waals surface area contributed by atoms with Crippen LogP contribution in [0.2, 0.25) is 0 Å². The fraction of sp³-hybridized carbons (Fsp3) is 0.467. The molecule has 1 aromatic carbocycles. The summed E-state index contributed by atoms with van der Waals surface area (Å²) >= 11 is 0. The second-order valence-corrected chi connectivity index (χ2v) is 5.31. The van der Waals surface area contributed by atoms with Gasteiger partial charge in [0.25, 0.3) is 0 Å². The Kier molecular flexibility index (Phi) is 3.63. The van der Waals surface area contributed by atoms with Crippen molar-refractivity contribution < 1.29 is 18.7 Å². The van der Waals surface area contributed by atoms with Crippen LogP contribution >= 0.6 is 0 Å². The summed E-state index contributed by atoms with van der Waals surface area (Å²) in [6, 6.07) is 5.15. The van der Waals surface area contributed by atoms with Gasteiger partial charge >= 0.3 is 6.03 Å². The number of rotatable bonds is 3. The van der Waals surface area contributed by atoms with E-state index in [-0.39, 0.29) is 24.2 Å². The molecule has 0 bridgehead atoms. The second-order valence-electron chi connectivity index (χ2n) is 5.31. The Bertz CT molecular complexity index is 578. The van der Waals surface area contributed by atoms with Gasteiger partial charge in [-0.05, 0) is 18.6 Å². The largest absolute Gasteiger partial charge is 0.378 e. The molecule has 0 radical (unpaired) electrons. The molecule has 0 spiro atoms. The lowest BCUT2D eigenvalue weighted by Gasteiger charge is -2.41. The minimum Gasteiger partial charge on any atom is -0.378 e. The zero-order chi connectivity index (χ0) is 15.0. The smallest absolute Gasteiger partial charge is 0.331 e. The maximum atomic E-state index is 14.0. The third-order valence-corrected chi connectivity index (χ3v) is 3.98. The molecule has 3 amide bonds. The van der Waals surface area contributed by atoms with Crippen LogP contribution in [0.15, 0.2) is 24.3 Å². The van der Waals surface area contributed by atoms with Crippen LogP contribution < -0.4 is 4.90 Å². The van der Waals surface area contributed by atoms with E-state index in [9.17, 15) is 14.0 Å². The molecule has 3 rings (SSSR count). The topological polar surface area (TPSA) is 49.9 Å². The van der Waals surface area contributed by atoms with Gasteiger partial charge in [0.1, 0.15) is 5.82 Å². The predicted octanol–water partition coefficient (Wildman–Crippen LogP) is 2.02. The average molecular weight is 292 g/mol. The van der Waals surface area contributed by atoms with Crippen molar-refractivity contribution in [3.63, 3.8) is 0 Å². The lowest BCUT2D eigenvalue weighted by atomic mass is 9.97. The quantitative estimate of drug-likeness (QED) is 0.856. The Labute approximate surface area is 122 Å². The maximum Gasteiger partial charge on any atom is 0.331 e. The first-order chi connectivity index (χ1) is 10.1. The zero-order valence-corrected chi connectivity index (χ0v) is 11.8. The molecule has 0 saturated carbocycles. The standard InChI is InChI=1S/C15H17FN2O3/c1-2-7-17-13-9-21-8-10(13)14(19)18(15(17)20)12-6-4-3-5-11(12)16/h3-6,10,13H,2,7-9H2,1H3. The Morgan fingerprint density at radius 1 is 1.29 bits per heavy atom. The van der Waals surface area contributed by atoms with E-state index in [1.165, 1.54) is 18.2 Å². The van der Waals surface area contributed by atoms with E-state index >= 15 is 0 Å². The lowest BCUT2D eigenvalue weighted by Crippen LogP contribution is -2.62. The Morgan fingerprint density at radius 2 is 2.05 bits per heavy atom. The third-order valence-electron chi connectivity index (χ3n) is 3.98. The van der Waals surface area contributed by atoms with Crippen LogP contribution in [-0.2, 0) is 9.53 Å². The summed E-state index contributed by atoms with van der Waals surface area (Å²) in [5.74, 6) is -1.36. The number of carbonyl (C=O) groups is 2. The SMILES string of the molecule is CCCN1C(=O)N(c2ccccc2F)C(=O)C2COCC21. The fourth-order valence-corrected chi connectivity index (χ4v) is 2.97. The van der Waals surface area contributed by atoms with Gasteiger partial charge in [-0.2, -0.15) is 0 Å². The maximum absolute atomic E-state index is 14.0. The number of nitrogens with zero attached hydrogens (tertiary/aromatic N) is 2. The van der Waals surface area contributed by atoms with Crippen molar-refractivity contribution in [2.75, 3.05) is 24.7 Å². The minimum absolute atomic E-state index is 0.0129. The van der Waals surface area contributed by atoms with E-state index < -0.39 is 17.8 Å². The van der Waals surface area contributed by atoms with Gasteiger partial charge in [0.15, 0.2) is 0 Å². The number of para-hydroxylation sites is 1. The molecule has 112 valence electrons. The van der Waals surface area contributed by atoms with E-state index in [4.69, 9.17) is 4.74 Å². The van der Waals surface area contributed by atoms with E-state index in [0.29, 0.717) is 13.2 Å². The predicted molar refractivity (Wildman–Crippen MR) is 74.4 cm³/mol. The van der Waals surface area contributed by atoms with Crippen LogP contribution in [0.5, 0.6) is 0 Å². The van der Waals surface area contributed by atoms with Gasteiger partial charge < -0.3 is 9.64 Å². The summed E-state index contributed by atoms with van der Waals surface area (Å²) in [7, 11) is 0. The highest BCUT2D eigenvalue weighted by Gasteiger charge is 2.49. The molecule has 0 aromatic heterocycles. The van der Waals surface area contributed by atoms with Gasteiger partial charge in [-0.15, -0.1) is 0 Å². The molecule has 2 unspecified atom stereocenters. The number of hydrogen-bond acceptors (Lipinski definition) is 3. The number of hydrogen-bond donors (Lipinski definition) is 0. The minimum atomic E-state index is -0.576. The van der Waals surface area contributed by atoms with Crippen LogP contribution in [0.4, 0.5) is 14.9 Å². The first kappa shape index (κ1) is 14.0. The lowest BCUT2D eigenvalue weighted by molar-refractivity contribution is -0.124. The average Bonchev–Trinajstić information content (AvgIpc) is 2.95. The van der Waals surface area contributed by atoms with Crippen LogP contribution in [-0.4, -0.2) is 42.6 Å². The molecule has 2 heterocycles. The van der Waals surface area contributed by atoms with E-state index in [2.05, 4.69) is 0 Å². The molecule has 2 aliphatic rings. The summed E-state index contributed by atoms with van der Waals surface area (Å²) in [6.07, 6.45) is 0.772. The summed E-state index contributed by atoms with van der Waals surface area (Å²) in [6.45, 7) is 3.14. The molecule has 6 heteroatoms. The number of carbonyl (C=O) groups excluding carboxylic acids is 2. The first-order valence-corrected chi connectivity index (χ1v) is 7.12. The molecular formula is C15H17FN2O3. The van der Waals surface area contributed by atoms with Crippen LogP contribution in [0.3, 0.4) is 0 Å². The van der Waals surface area contributed by atoms with Gasteiger partial charge in [0, 0.05) is 6.54 Å². The summed E-state index contributed by atoms with van der Waals surface area (Å²) in [5.41, 5.74) is 0.0129. The molecule has 0 N–H and O–H groups in total. The molecule has 1 aromatic rings. The molecule has 2 atom stereocenters. The molecule has 2 saturated heterocycles. The Balaban J connectivity index is 2.01. The van der Waals surface area contributed by atoms with E-state index in [0.717, 1.165) is 11.3 Å². The third kappa shape index (κ3) is 2.19. The Hall–Kier alpha value is -1.95.